The number of esters is 1. The largest absolute Gasteiger partial charge is 0.469 e. The first-order chi connectivity index (χ1) is 6.97. The van der Waals surface area contributed by atoms with Gasteiger partial charge in [0.1, 0.15) is 0 Å². The second-order valence-corrected chi connectivity index (χ2v) is 4.11. The van der Waals surface area contributed by atoms with Crippen LogP contribution in [0, 0.1) is 0 Å². The Kier molecular flexibility index (Phi) is 6.52. The highest BCUT2D eigenvalue weighted by atomic mass is 16.5. The van der Waals surface area contributed by atoms with Crippen LogP contribution < -0.4 is 5.32 Å². The highest BCUT2D eigenvalue weighted by Gasteiger charge is 2.25. The van der Waals surface area contributed by atoms with Crippen LogP contribution in [0.2, 0.25) is 0 Å². The number of β-amino-alcohol motifs (C(OH)–C–C–N with tert-alkyl or cyclic N) is 1. The topological polar surface area (TPSA) is 58.6 Å². The third-order valence-electron chi connectivity index (χ3n) is 2.78. The van der Waals surface area contributed by atoms with Gasteiger partial charge in [0.15, 0.2) is 0 Å². The van der Waals surface area contributed by atoms with Gasteiger partial charge in [-0.25, -0.2) is 0 Å². The lowest BCUT2D eigenvalue weighted by molar-refractivity contribution is -0.142. The molecule has 0 saturated carbocycles. The molecule has 0 amide bonds. The van der Waals surface area contributed by atoms with Crippen LogP contribution in [0.4, 0.5) is 0 Å². The lowest BCUT2D eigenvalue weighted by atomic mass is 9.94. The number of methoxy groups -OCH3 is 1. The minimum Gasteiger partial charge on any atom is -0.469 e. The van der Waals surface area contributed by atoms with Crippen molar-refractivity contribution in [2.75, 3.05) is 13.7 Å². The fraction of sp³-hybridized carbons (Fsp3) is 0.909. The van der Waals surface area contributed by atoms with Gasteiger partial charge in [-0.05, 0) is 19.8 Å². The Hall–Kier alpha value is -0.610. The van der Waals surface area contributed by atoms with E-state index in [2.05, 4.69) is 10.1 Å². The average Bonchev–Trinajstić information content (AvgIpc) is 2.25. The van der Waals surface area contributed by atoms with E-state index >= 15 is 0 Å². The van der Waals surface area contributed by atoms with E-state index in [9.17, 15) is 9.90 Å². The maximum Gasteiger partial charge on any atom is 0.307 e. The lowest BCUT2D eigenvalue weighted by Crippen LogP contribution is -2.46. The minimum atomic E-state index is -0.353. The lowest BCUT2D eigenvalue weighted by Gasteiger charge is -2.29. The molecule has 0 saturated heterocycles. The summed E-state index contributed by atoms with van der Waals surface area (Å²) in [5, 5.41) is 12.6. The molecule has 0 bridgehead atoms. The van der Waals surface area contributed by atoms with Crippen LogP contribution in [0.1, 0.15) is 40.0 Å². The fourth-order valence-electron chi connectivity index (χ4n) is 1.21. The van der Waals surface area contributed by atoms with Crippen molar-refractivity contribution >= 4 is 5.97 Å². The van der Waals surface area contributed by atoms with Gasteiger partial charge < -0.3 is 15.2 Å². The van der Waals surface area contributed by atoms with E-state index in [1.807, 2.05) is 20.8 Å². The first kappa shape index (κ1) is 14.4. The van der Waals surface area contributed by atoms with E-state index in [0.717, 1.165) is 6.42 Å². The normalized spacial score (nSPS) is 16.9. The van der Waals surface area contributed by atoms with Crippen molar-refractivity contribution < 1.29 is 14.6 Å². The van der Waals surface area contributed by atoms with E-state index in [1.54, 1.807) is 0 Å². The summed E-state index contributed by atoms with van der Waals surface area (Å²) in [5.74, 6) is -0.224. The molecule has 0 rings (SSSR count). The average molecular weight is 217 g/mol. The molecule has 0 aromatic carbocycles. The summed E-state index contributed by atoms with van der Waals surface area (Å²) in [7, 11) is 1.39. The Bertz CT molecular complexity index is 196. The molecule has 0 spiro atoms. The van der Waals surface area contributed by atoms with Gasteiger partial charge in [0, 0.05) is 12.1 Å². The first-order valence-electron chi connectivity index (χ1n) is 5.47. The van der Waals surface area contributed by atoms with Crippen LogP contribution >= 0.6 is 0 Å². The quantitative estimate of drug-likeness (QED) is 0.626. The van der Waals surface area contributed by atoms with Crippen LogP contribution in [0.25, 0.3) is 0 Å². The Morgan fingerprint density at radius 2 is 2.13 bits per heavy atom. The molecule has 2 atom stereocenters. The van der Waals surface area contributed by atoms with Gasteiger partial charge in [-0.3, -0.25) is 4.79 Å². The molecule has 2 N–H and O–H groups in total. The van der Waals surface area contributed by atoms with Crippen LogP contribution in [0.3, 0.4) is 0 Å². The number of nitrogens with one attached hydrogen (secondary N) is 1. The summed E-state index contributed by atoms with van der Waals surface area (Å²) in [6, 6.07) is 0. The van der Waals surface area contributed by atoms with Crippen LogP contribution in [-0.4, -0.2) is 36.4 Å². The highest BCUT2D eigenvalue weighted by molar-refractivity contribution is 5.70. The van der Waals surface area contributed by atoms with Crippen molar-refractivity contribution in [1.82, 2.24) is 5.32 Å². The molecule has 0 heterocycles. The van der Waals surface area contributed by atoms with Crippen molar-refractivity contribution in [3.8, 4) is 0 Å². The van der Waals surface area contributed by atoms with E-state index in [0.29, 0.717) is 19.4 Å². The number of aliphatic hydroxyl groups excluding tert-OH is 1. The molecule has 1 unspecified atom stereocenters. The van der Waals surface area contributed by atoms with Crippen molar-refractivity contribution in [2.45, 2.75) is 51.7 Å². The van der Waals surface area contributed by atoms with Crippen molar-refractivity contribution in [2.24, 2.45) is 0 Å². The highest BCUT2D eigenvalue weighted by Crippen LogP contribution is 2.15. The molecule has 4 heteroatoms. The zero-order chi connectivity index (χ0) is 11.9. The van der Waals surface area contributed by atoms with Gasteiger partial charge in [-0.1, -0.05) is 13.8 Å². The number of ether oxygens (including phenoxy) is 1. The number of hydrogen-bond donors (Lipinski definition) is 2. The molecule has 0 aliphatic heterocycles. The maximum absolute atomic E-state index is 11.2. The van der Waals surface area contributed by atoms with Gasteiger partial charge >= 0.3 is 5.97 Å². The van der Waals surface area contributed by atoms with Crippen molar-refractivity contribution in [3.05, 3.63) is 0 Å². The van der Waals surface area contributed by atoms with Gasteiger partial charge in [0.2, 0.25) is 0 Å². The Morgan fingerprint density at radius 3 is 2.53 bits per heavy atom. The van der Waals surface area contributed by atoms with Crippen LogP contribution in [0.15, 0.2) is 0 Å². The summed E-state index contributed by atoms with van der Waals surface area (Å²) < 4.78 is 4.64. The summed E-state index contributed by atoms with van der Waals surface area (Å²) in [5.41, 5.74) is -0.288. The number of carbonyl (C=O) groups excluding carboxylic acids is 1. The predicted octanol–water partition coefficient (Wildman–Crippen LogP) is 1.08. The van der Waals surface area contributed by atoms with Crippen LogP contribution in [0.5, 0.6) is 0 Å². The second-order valence-electron chi connectivity index (χ2n) is 4.11. The number of carbonyl (C=O) groups is 1. The maximum atomic E-state index is 11.2. The molecule has 0 aromatic heterocycles. The monoisotopic (exact) mass is 217 g/mol. The molecule has 4 nitrogen and oxygen atoms in total. The molecule has 90 valence electrons. The Morgan fingerprint density at radius 1 is 1.53 bits per heavy atom. The minimum absolute atomic E-state index is 0.224. The third-order valence-corrected chi connectivity index (χ3v) is 2.78. The number of rotatable bonds is 7. The van der Waals surface area contributed by atoms with Crippen molar-refractivity contribution in [1.29, 1.82) is 0 Å². The fourth-order valence-corrected chi connectivity index (χ4v) is 1.21. The molecule has 0 fully saturated rings. The van der Waals surface area contributed by atoms with Gasteiger partial charge in [0.05, 0.1) is 19.6 Å². The molecular formula is C11H23NO3. The molecular weight excluding hydrogens is 194 g/mol. The summed E-state index contributed by atoms with van der Waals surface area (Å²) in [4.78, 5) is 11.2. The molecule has 0 aromatic rings. The van der Waals surface area contributed by atoms with Crippen molar-refractivity contribution in [3.63, 3.8) is 0 Å². The standard InChI is InChI=1S/C11H23NO3/c1-5-9(13)8-12-11(3,6-2)7-10(14)15-4/h9,12-13H,5-8H2,1-4H3/t9-,11?/m1/s1. The smallest absolute Gasteiger partial charge is 0.307 e. The van der Waals surface area contributed by atoms with Crippen LogP contribution in [-0.2, 0) is 9.53 Å². The molecule has 0 aliphatic rings. The number of aliphatic hydroxyl groups is 1. The summed E-state index contributed by atoms with van der Waals surface area (Å²) in [6.07, 6.45) is 1.51. The van der Waals surface area contributed by atoms with Gasteiger partial charge in [-0.15, -0.1) is 0 Å². The third kappa shape index (κ3) is 5.74. The number of hydrogen-bond acceptors (Lipinski definition) is 4. The Balaban J connectivity index is 4.12. The zero-order valence-electron chi connectivity index (χ0n) is 10.2. The molecule has 15 heavy (non-hydrogen) atoms. The van der Waals surface area contributed by atoms with Gasteiger partial charge in [0.25, 0.3) is 0 Å². The van der Waals surface area contributed by atoms with E-state index in [1.165, 1.54) is 7.11 Å². The Labute approximate surface area is 92.0 Å². The second kappa shape index (κ2) is 6.80. The summed E-state index contributed by atoms with van der Waals surface area (Å²) >= 11 is 0. The van der Waals surface area contributed by atoms with E-state index < -0.39 is 0 Å². The van der Waals surface area contributed by atoms with Gasteiger partial charge in [-0.2, -0.15) is 0 Å². The first-order valence-corrected chi connectivity index (χ1v) is 5.47. The van der Waals surface area contributed by atoms with E-state index in [4.69, 9.17) is 0 Å². The summed E-state index contributed by atoms with van der Waals surface area (Å²) in [6.45, 7) is 6.41. The predicted molar refractivity (Wildman–Crippen MR) is 59.6 cm³/mol. The SMILES string of the molecule is CC[C@@H](O)CNC(C)(CC)CC(=O)OC. The molecule has 0 radical (unpaired) electrons. The zero-order valence-corrected chi connectivity index (χ0v) is 10.2. The van der Waals surface area contributed by atoms with E-state index in [-0.39, 0.29) is 17.6 Å². The molecule has 0 aliphatic carbocycles.